The molecule has 0 heterocycles. The number of aryl methyl sites for hydroxylation is 1. The molecule has 1 aliphatic carbocycles. The van der Waals surface area contributed by atoms with Crippen LogP contribution in [0.1, 0.15) is 43.9 Å². The third-order valence-corrected chi connectivity index (χ3v) is 3.30. The van der Waals surface area contributed by atoms with Gasteiger partial charge >= 0.3 is 0 Å². The van der Waals surface area contributed by atoms with Crippen LogP contribution in [0.15, 0.2) is 18.2 Å². The molecule has 4 nitrogen and oxygen atoms in total. The van der Waals surface area contributed by atoms with Crippen LogP contribution < -0.4 is 15.8 Å². The summed E-state index contributed by atoms with van der Waals surface area (Å²) < 4.78 is 5.52. The maximum Gasteiger partial charge on any atom is 0.258 e. The zero-order valence-corrected chi connectivity index (χ0v) is 11.6. The topological polar surface area (TPSA) is 64.3 Å². The quantitative estimate of drug-likeness (QED) is 0.871. The number of hydrogen-bond donors (Lipinski definition) is 2. The van der Waals surface area contributed by atoms with E-state index in [0.29, 0.717) is 0 Å². The van der Waals surface area contributed by atoms with Gasteiger partial charge in [-0.1, -0.05) is 6.07 Å². The van der Waals surface area contributed by atoms with Crippen molar-refractivity contribution >= 4 is 5.91 Å². The van der Waals surface area contributed by atoms with Crippen LogP contribution in [0.5, 0.6) is 5.75 Å². The van der Waals surface area contributed by atoms with Crippen molar-refractivity contribution in [3.05, 3.63) is 29.3 Å². The fraction of sp³-hybridized carbons (Fsp3) is 0.533. The normalized spacial score (nSPS) is 18.0. The molecule has 2 rings (SSSR count). The molecular formula is C15H22N2O2. The van der Waals surface area contributed by atoms with Crippen LogP contribution in [0.2, 0.25) is 0 Å². The minimum Gasteiger partial charge on any atom is -0.484 e. The van der Waals surface area contributed by atoms with Crippen molar-refractivity contribution in [3.8, 4) is 5.75 Å². The second-order valence-corrected chi connectivity index (χ2v) is 5.37. The molecule has 0 fully saturated rings. The molecule has 0 saturated carbocycles. The molecule has 4 heteroatoms. The molecule has 3 N–H and O–H groups in total. The monoisotopic (exact) mass is 262 g/mol. The predicted molar refractivity (Wildman–Crippen MR) is 75.1 cm³/mol. The maximum absolute atomic E-state index is 11.5. The molecule has 0 spiro atoms. The van der Waals surface area contributed by atoms with Crippen molar-refractivity contribution in [1.82, 2.24) is 5.32 Å². The van der Waals surface area contributed by atoms with Crippen LogP contribution in [-0.4, -0.2) is 18.6 Å². The Labute approximate surface area is 114 Å². The van der Waals surface area contributed by atoms with Crippen molar-refractivity contribution in [1.29, 1.82) is 0 Å². The summed E-state index contributed by atoms with van der Waals surface area (Å²) in [6.45, 7) is 3.90. The lowest BCUT2D eigenvalue weighted by Crippen LogP contribution is -2.34. The van der Waals surface area contributed by atoms with Gasteiger partial charge in [-0.3, -0.25) is 4.79 Å². The summed E-state index contributed by atoms with van der Waals surface area (Å²) in [4.78, 5) is 11.5. The van der Waals surface area contributed by atoms with Gasteiger partial charge in [0.2, 0.25) is 0 Å². The number of amides is 1. The average molecular weight is 262 g/mol. The van der Waals surface area contributed by atoms with E-state index >= 15 is 0 Å². The third kappa shape index (κ3) is 3.70. The number of fused-ring (bicyclic) bond motifs is 1. The first-order chi connectivity index (χ1) is 9.06. The molecule has 1 aliphatic rings. The highest BCUT2D eigenvalue weighted by Crippen LogP contribution is 2.30. The van der Waals surface area contributed by atoms with Crippen LogP contribution in [0.4, 0.5) is 0 Å². The molecular weight excluding hydrogens is 240 g/mol. The SMILES string of the molecule is CC(C)NC(=O)COc1ccc2c(c1)C(N)CCC2. The van der Waals surface area contributed by atoms with E-state index in [1.165, 1.54) is 5.56 Å². The van der Waals surface area contributed by atoms with E-state index in [0.717, 1.165) is 30.6 Å². The molecule has 1 atom stereocenters. The molecule has 104 valence electrons. The highest BCUT2D eigenvalue weighted by molar-refractivity contribution is 5.77. The number of hydrogen-bond acceptors (Lipinski definition) is 3. The Balaban J connectivity index is 1.98. The van der Waals surface area contributed by atoms with Gasteiger partial charge in [0.15, 0.2) is 6.61 Å². The summed E-state index contributed by atoms with van der Waals surface area (Å²) >= 11 is 0. The molecule has 0 aromatic heterocycles. The summed E-state index contributed by atoms with van der Waals surface area (Å²) in [5, 5.41) is 2.80. The molecule has 1 unspecified atom stereocenters. The molecule has 1 amide bonds. The van der Waals surface area contributed by atoms with Gasteiger partial charge in [-0.25, -0.2) is 0 Å². The van der Waals surface area contributed by atoms with Gasteiger partial charge in [0.25, 0.3) is 5.91 Å². The first-order valence-electron chi connectivity index (χ1n) is 6.87. The van der Waals surface area contributed by atoms with Crippen molar-refractivity contribution in [3.63, 3.8) is 0 Å². The average Bonchev–Trinajstić information content (AvgIpc) is 2.36. The number of rotatable bonds is 4. The molecule has 1 aromatic rings. The van der Waals surface area contributed by atoms with Crippen molar-refractivity contribution in [2.75, 3.05) is 6.61 Å². The summed E-state index contributed by atoms with van der Waals surface area (Å²) in [5.74, 6) is 0.618. The van der Waals surface area contributed by atoms with Crippen LogP contribution in [0.3, 0.4) is 0 Å². The lowest BCUT2D eigenvalue weighted by atomic mass is 9.88. The Morgan fingerprint density at radius 1 is 1.53 bits per heavy atom. The molecule has 19 heavy (non-hydrogen) atoms. The minimum atomic E-state index is -0.1000. The third-order valence-electron chi connectivity index (χ3n) is 3.30. The Bertz CT molecular complexity index is 457. The number of benzene rings is 1. The number of nitrogens with one attached hydrogen (secondary N) is 1. The van der Waals surface area contributed by atoms with Gasteiger partial charge in [0, 0.05) is 12.1 Å². The smallest absolute Gasteiger partial charge is 0.258 e. The van der Waals surface area contributed by atoms with E-state index < -0.39 is 0 Å². The summed E-state index contributed by atoms with van der Waals surface area (Å²) in [7, 11) is 0. The summed E-state index contributed by atoms with van der Waals surface area (Å²) in [6, 6.07) is 6.18. The maximum atomic E-state index is 11.5. The number of ether oxygens (including phenoxy) is 1. The zero-order chi connectivity index (χ0) is 13.8. The second kappa shape index (κ2) is 6.06. The predicted octanol–water partition coefficient (Wildman–Crippen LogP) is 1.93. The van der Waals surface area contributed by atoms with E-state index in [4.69, 9.17) is 10.5 Å². The fourth-order valence-corrected chi connectivity index (χ4v) is 2.42. The minimum absolute atomic E-state index is 0.0478. The highest BCUT2D eigenvalue weighted by atomic mass is 16.5. The number of carbonyl (C=O) groups excluding carboxylic acids is 1. The summed E-state index contributed by atoms with van der Waals surface area (Å²) in [6.07, 6.45) is 3.24. The van der Waals surface area contributed by atoms with Crippen LogP contribution in [0, 0.1) is 0 Å². The largest absolute Gasteiger partial charge is 0.484 e. The molecule has 0 bridgehead atoms. The molecule has 0 radical (unpaired) electrons. The van der Waals surface area contributed by atoms with Gasteiger partial charge in [0.05, 0.1) is 0 Å². The first-order valence-corrected chi connectivity index (χ1v) is 6.87. The lowest BCUT2D eigenvalue weighted by molar-refractivity contribution is -0.123. The van der Waals surface area contributed by atoms with Crippen LogP contribution in [0.25, 0.3) is 0 Å². The first kappa shape index (κ1) is 13.9. The van der Waals surface area contributed by atoms with Gasteiger partial charge in [-0.2, -0.15) is 0 Å². The van der Waals surface area contributed by atoms with Crippen molar-refractivity contribution in [2.24, 2.45) is 5.73 Å². The summed E-state index contributed by atoms with van der Waals surface area (Å²) in [5.41, 5.74) is 8.57. The lowest BCUT2D eigenvalue weighted by Gasteiger charge is -2.22. The van der Waals surface area contributed by atoms with Gasteiger partial charge < -0.3 is 15.8 Å². The standard InChI is InChI=1S/C15H22N2O2/c1-10(2)17-15(18)9-19-12-7-6-11-4-3-5-14(16)13(11)8-12/h6-8,10,14H,3-5,9,16H2,1-2H3,(H,17,18). The van der Waals surface area contributed by atoms with Crippen molar-refractivity contribution < 1.29 is 9.53 Å². The number of nitrogens with two attached hydrogens (primary N) is 1. The fourth-order valence-electron chi connectivity index (χ4n) is 2.42. The Kier molecular flexibility index (Phi) is 4.43. The van der Waals surface area contributed by atoms with E-state index in [2.05, 4.69) is 11.4 Å². The van der Waals surface area contributed by atoms with Gasteiger partial charge in [-0.05, 0) is 56.4 Å². The Morgan fingerprint density at radius 3 is 3.05 bits per heavy atom. The van der Waals surface area contributed by atoms with E-state index in [1.807, 2.05) is 26.0 Å². The van der Waals surface area contributed by atoms with Crippen LogP contribution >= 0.6 is 0 Å². The highest BCUT2D eigenvalue weighted by Gasteiger charge is 2.17. The van der Waals surface area contributed by atoms with E-state index in [9.17, 15) is 4.79 Å². The van der Waals surface area contributed by atoms with Crippen molar-refractivity contribution in [2.45, 2.75) is 45.2 Å². The number of carbonyl (C=O) groups is 1. The second-order valence-electron chi connectivity index (χ2n) is 5.37. The van der Waals surface area contributed by atoms with E-state index in [-0.39, 0.29) is 24.6 Å². The Hall–Kier alpha value is -1.55. The van der Waals surface area contributed by atoms with Crippen LogP contribution in [-0.2, 0) is 11.2 Å². The zero-order valence-electron chi connectivity index (χ0n) is 11.6. The van der Waals surface area contributed by atoms with Gasteiger partial charge in [0.1, 0.15) is 5.75 Å². The molecule has 0 aliphatic heterocycles. The Morgan fingerprint density at radius 2 is 2.32 bits per heavy atom. The molecule has 1 aromatic carbocycles. The van der Waals surface area contributed by atoms with E-state index in [1.54, 1.807) is 0 Å². The molecule has 0 saturated heterocycles. The van der Waals surface area contributed by atoms with Gasteiger partial charge in [-0.15, -0.1) is 0 Å².